The fourth-order valence-electron chi connectivity index (χ4n) is 1.40. The van der Waals surface area contributed by atoms with Crippen molar-refractivity contribution in [2.45, 2.75) is 24.7 Å². The lowest BCUT2D eigenvalue weighted by Gasteiger charge is -2.14. The second kappa shape index (κ2) is 6.35. The summed E-state index contributed by atoms with van der Waals surface area (Å²) >= 11 is 11.4. The molecule has 1 aromatic carbocycles. The zero-order valence-corrected chi connectivity index (χ0v) is 12.7. The summed E-state index contributed by atoms with van der Waals surface area (Å²) in [5, 5.41) is 0.175. The molecule has 0 aromatic heterocycles. The zero-order valence-electron chi connectivity index (χ0n) is 9.41. The summed E-state index contributed by atoms with van der Waals surface area (Å²) in [6.45, 7) is 3.79. The molecule has 0 aliphatic rings. The molecule has 0 N–H and O–H groups in total. The van der Waals surface area contributed by atoms with Crippen molar-refractivity contribution in [2.75, 3.05) is 6.35 Å². The van der Waals surface area contributed by atoms with E-state index in [2.05, 4.69) is 0 Å². The molecule has 17 heavy (non-hydrogen) atoms. The second-order valence-corrected chi connectivity index (χ2v) is 6.98. The van der Waals surface area contributed by atoms with Gasteiger partial charge in [-0.3, -0.25) is 4.18 Å². The van der Waals surface area contributed by atoms with E-state index < -0.39 is 10.1 Å². The number of hydrogen-bond acceptors (Lipinski definition) is 3. The average Bonchev–Trinajstić information content (AvgIpc) is 2.25. The fraction of sp³-hybridized carbons (Fsp3) is 0.400. The summed E-state index contributed by atoms with van der Waals surface area (Å²) in [6.07, 6.45) is -0.0351. The van der Waals surface area contributed by atoms with E-state index in [-0.39, 0.29) is 30.1 Å². The molecule has 0 saturated heterocycles. The minimum absolute atomic E-state index is 0.0351. The molecular formula is C10H13Cl2O3PS. The van der Waals surface area contributed by atoms with Crippen molar-refractivity contribution in [1.82, 2.24) is 0 Å². The Kier molecular flexibility index (Phi) is 5.68. The molecular weight excluding hydrogens is 302 g/mol. The van der Waals surface area contributed by atoms with Crippen LogP contribution in [0.4, 0.5) is 0 Å². The van der Waals surface area contributed by atoms with Crippen molar-refractivity contribution in [3.8, 4) is 0 Å². The van der Waals surface area contributed by atoms with Gasteiger partial charge in [0.1, 0.15) is 4.90 Å². The van der Waals surface area contributed by atoms with Crippen molar-refractivity contribution >= 4 is 40.9 Å². The van der Waals surface area contributed by atoms with E-state index in [1.165, 1.54) is 6.07 Å². The first kappa shape index (κ1) is 15.2. The van der Waals surface area contributed by atoms with Crippen molar-refractivity contribution in [3.63, 3.8) is 0 Å². The molecule has 96 valence electrons. The summed E-state index contributed by atoms with van der Waals surface area (Å²) in [5.41, 5.74) is 0.649. The van der Waals surface area contributed by atoms with E-state index in [1.54, 1.807) is 12.1 Å². The monoisotopic (exact) mass is 314 g/mol. The minimum Gasteiger partial charge on any atom is -0.261 e. The summed E-state index contributed by atoms with van der Waals surface area (Å²) in [6, 6.07) is 4.99. The number of hydrogen-bond donors (Lipinski definition) is 0. The Hall–Kier alpha value is 0.140. The molecule has 0 spiro atoms. The minimum atomic E-state index is -3.84. The van der Waals surface area contributed by atoms with Gasteiger partial charge in [-0.1, -0.05) is 48.8 Å². The molecule has 0 aliphatic carbocycles. The van der Waals surface area contributed by atoms with Crippen LogP contribution in [0.15, 0.2) is 23.1 Å². The van der Waals surface area contributed by atoms with Gasteiger partial charge in [0.15, 0.2) is 0 Å². The van der Waals surface area contributed by atoms with Crippen LogP contribution in [0, 0.1) is 0 Å². The van der Waals surface area contributed by atoms with Gasteiger partial charge in [0.05, 0.1) is 11.4 Å². The van der Waals surface area contributed by atoms with Gasteiger partial charge >= 0.3 is 0 Å². The smallest absolute Gasteiger partial charge is 0.261 e. The summed E-state index contributed by atoms with van der Waals surface area (Å²) in [5.74, 6) is 0.0422. The molecule has 1 aromatic rings. The number of halogens is 2. The molecule has 3 nitrogen and oxygen atoms in total. The van der Waals surface area contributed by atoms with Crippen LogP contribution in [0.5, 0.6) is 0 Å². The van der Waals surface area contributed by atoms with Gasteiger partial charge < -0.3 is 0 Å². The third-order valence-corrected chi connectivity index (χ3v) is 4.74. The quantitative estimate of drug-likeness (QED) is 0.610. The highest BCUT2D eigenvalue weighted by atomic mass is 35.7. The van der Waals surface area contributed by atoms with Crippen molar-refractivity contribution in [3.05, 3.63) is 28.8 Å². The molecule has 1 unspecified atom stereocenters. The summed E-state index contributed by atoms with van der Waals surface area (Å²) in [4.78, 5) is 0.0478. The molecule has 0 bridgehead atoms. The van der Waals surface area contributed by atoms with Crippen LogP contribution in [-0.4, -0.2) is 14.8 Å². The van der Waals surface area contributed by atoms with Crippen LogP contribution in [0.2, 0.25) is 5.02 Å². The number of rotatable bonds is 5. The van der Waals surface area contributed by atoms with Crippen LogP contribution in [-0.2, 0) is 14.3 Å². The molecule has 1 rings (SSSR count). The Morgan fingerprint density at radius 3 is 2.59 bits per heavy atom. The zero-order chi connectivity index (χ0) is 13.1. The predicted molar refractivity (Wildman–Crippen MR) is 72.8 cm³/mol. The van der Waals surface area contributed by atoms with Crippen LogP contribution in [0.1, 0.15) is 25.3 Å². The van der Waals surface area contributed by atoms with Gasteiger partial charge in [-0.05, 0) is 17.5 Å². The first-order valence-electron chi connectivity index (χ1n) is 4.91. The maximum atomic E-state index is 12.0. The normalized spacial score (nSPS) is 12.8. The largest absolute Gasteiger partial charge is 0.299 e. The Morgan fingerprint density at radius 1 is 1.41 bits per heavy atom. The van der Waals surface area contributed by atoms with E-state index in [4.69, 9.17) is 27.0 Å². The lowest BCUT2D eigenvalue weighted by atomic mass is 10.0. The molecule has 0 fully saturated rings. The van der Waals surface area contributed by atoms with Gasteiger partial charge in [0.25, 0.3) is 10.1 Å². The van der Waals surface area contributed by atoms with E-state index in [0.717, 1.165) is 0 Å². The lowest BCUT2D eigenvalue weighted by Crippen LogP contribution is -2.10. The van der Waals surface area contributed by atoms with Gasteiger partial charge in [0, 0.05) is 7.93 Å². The van der Waals surface area contributed by atoms with Crippen molar-refractivity contribution < 1.29 is 12.6 Å². The predicted octanol–water partition coefficient (Wildman–Crippen LogP) is 3.96. The highest BCUT2D eigenvalue weighted by Crippen LogP contribution is 2.32. The van der Waals surface area contributed by atoms with Crippen molar-refractivity contribution in [1.29, 1.82) is 0 Å². The molecule has 0 saturated carbocycles. The highest BCUT2D eigenvalue weighted by molar-refractivity contribution is 7.87. The van der Waals surface area contributed by atoms with Crippen LogP contribution < -0.4 is 0 Å². The van der Waals surface area contributed by atoms with E-state index in [9.17, 15) is 8.42 Å². The van der Waals surface area contributed by atoms with Crippen LogP contribution in [0.25, 0.3) is 0 Å². The first-order chi connectivity index (χ1) is 7.90. The Labute approximate surface area is 113 Å². The van der Waals surface area contributed by atoms with Crippen LogP contribution >= 0.6 is 30.8 Å². The Morgan fingerprint density at radius 2 is 2.06 bits per heavy atom. The van der Waals surface area contributed by atoms with Gasteiger partial charge in [0.2, 0.25) is 0 Å². The standard InChI is InChI=1S/C10H13Cl2O3PS/c1-7(2)8-4-3-5-9(11)10(8)17(13,14)15-6-16-12/h3-5,7,16H,6H2,1-2H3. The van der Waals surface area contributed by atoms with Crippen molar-refractivity contribution in [2.24, 2.45) is 0 Å². The topological polar surface area (TPSA) is 43.4 Å². The average molecular weight is 315 g/mol. The second-order valence-electron chi connectivity index (χ2n) is 3.66. The maximum Gasteiger partial charge on any atom is 0.299 e. The lowest BCUT2D eigenvalue weighted by molar-refractivity contribution is 0.379. The molecule has 0 heterocycles. The number of benzene rings is 1. The first-order valence-corrected chi connectivity index (χ1v) is 8.92. The molecule has 0 radical (unpaired) electrons. The molecule has 1 atom stereocenters. The van der Waals surface area contributed by atoms with Crippen LogP contribution in [0.3, 0.4) is 0 Å². The van der Waals surface area contributed by atoms with Gasteiger partial charge in [-0.15, -0.1) is 0 Å². The molecule has 0 amide bonds. The Balaban J connectivity index is 3.29. The fourth-order valence-corrected chi connectivity index (χ4v) is 4.08. The van der Waals surface area contributed by atoms with Gasteiger partial charge in [-0.25, -0.2) is 0 Å². The summed E-state index contributed by atoms with van der Waals surface area (Å²) in [7, 11) is -3.95. The third kappa shape index (κ3) is 3.80. The summed E-state index contributed by atoms with van der Waals surface area (Å²) < 4.78 is 28.8. The van der Waals surface area contributed by atoms with E-state index in [1.807, 2.05) is 13.8 Å². The van der Waals surface area contributed by atoms with Gasteiger partial charge in [-0.2, -0.15) is 8.42 Å². The maximum absolute atomic E-state index is 12.0. The SMILES string of the molecule is CC(C)c1cccc(Cl)c1S(=O)(=O)OCPCl. The highest BCUT2D eigenvalue weighted by Gasteiger charge is 2.24. The Bertz CT molecular complexity index is 488. The molecule has 0 aliphatic heterocycles. The third-order valence-electron chi connectivity index (χ3n) is 2.14. The molecule has 7 heteroatoms. The van der Waals surface area contributed by atoms with E-state index >= 15 is 0 Å². The van der Waals surface area contributed by atoms with E-state index in [0.29, 0.717) is 5.56 Å².